The summed E-state index contributed by atoms with van der Waals surface area (Å²) < 4.78 is 17.2. The molecule has 0 aromatic heterocycles. The summed E-state index contributed by atoms with van der Waals surface area (Å²) >= 11 is 0. The number of rotatable bonds is 27. The van der Waals surface area contributed by atoms with Crippen LogP contribution in [0.3, 0.4) is 0 Å². The van der Waals surface area contributed by atoms with Crippen molar-refractivity contribution in [3.63, 3.8) is 0 Å². The first-order valence-corrected chi connectivity index (χ1v) is 21.8. The van der Waals surface area contributed by atoms with Crippen LogP contribution >= 0.6 is 0 Å². The first-order chi connectivity index (χ1) is 22.8. The molecule has 6 aliphatic rings. The van der Waals surface area contributed by atoms with Crippen molar-refractivity contribution < 1.29 is 14.2 Å². The van der Waals surface area contributed by atoms with E-state index in [2.05, 4.69) is 0 Å². The molecule has 3 aliphatic heterocycles. The zero-order valence-electron chi connectivity index (χ0n) is 30.3. The lowest BCUT2D eigenvalue weighted by molar-refractivity contribution is 0.340. The molecule has 3 heteroatoms. The summed E-state index contributed by atoms with van der Waals surface area (Å²) in [5, 5.41) is 0. The maximum Gasteiger partial charge on any atom is 0.0844 e. The molecule has 9 unspecified atom stereocenters. The van der Waals surface area contributed by atoms with Crippen LogP contribution < -0.4 is 0 Å². The largest absolute Gasteiger partial charge is 0.370 e. The molecule has 6 rings (SSSR count). The van der Waals surface area contributed by atoms with Crippen molar-refractivity contribution in [1.82, 2.24) is 0 Å². The van der Waals surface area contributed by atoms with Crippen LogP contribution in [0.2, 0.25) is 0 Å². The van der Waals surface area contributed by atoms with Gasteiger partial charge in [-0.05, 0) is 81.5 Å². The van der Waals surface area contributed by atoms with Crippen LogP contribution in [0.1, 0.15) is 212 Å². The fourth-order valence-electron chi connectivity index (χ4n) is 10.4. The Hall–Kier alpha value is -0.120. The van der Waals surface area contributed by atoms with Crippen LogP contribution in [-0.2, 0) is 14.2 Å². The molecule has 0 aromatic carbocycles. The molecule has 0 spiro atoms. The van der Waals surface area contributed by atoms with E-state index in [9.17, 15) is 0 Å². The van der Waals surface area contributed by atoms with Gasteiger partial charge in [-0.2, -0.15) is 0 Å². The molecule has 3 saturated heterocycles. The van der Waals surface area contributed by atoms with Gasteiger partial charge in [-0.25, -0.2) is 0 Å². The maximum atomic E-state index is 5.74. The molecule has 3 saturated carbocycles. The lowest BCUT2D eigenvalue weighted by Gasteiger charge is -2.19. The van der Waals surface area contributed by atoms with Crippen LogP contribution in [-0.4, -0.2) is 36.6 Å². The Labute approximate surface area is 285 Å². The van der Waals surface area contributed by atoms with Crippen molar-refractivity contribution in [2.45, 2.75) is 249 Å². The van der Waals surface area contributed by atoms with Crippen molar-refractivity contribution >= 4 is 0 Å². The lowest BCUT2D eigenvalue weighted by Crippen LogP contribution is -2.13. The molecular formula is C43H76O3. The molecule has 0 bridgehead atoms. The normalized spacial score (nSPS) is 34.8. The molecule has 0 N–H and O–H groups in total. The van der Waals surface area contributed by atoms with Crippen LogP contribution in [0, 0.1) is 23.7 Å². The molecule has 0 aromatic rings. The van der Waals surface area contributed by atoms with Gasteiger partial charge in [0.15, 0.2) is 0 Å². The first kappa shape index (κ1) is 35.7. The Morgan fingerprint density at radius 3 is 0.891 bits per heavy atom. The Balaban J connectivity index is 0.754. The van der Waals surface area contributed by atoms with E-state index < -0.39 is 0 Å². The van der Waals surface area contributed by atoms with E-state index in [0.29, 0.717) is 36.6 Å². The van der Waals surface area contributed by atoms with Crippen LogP contribution in [0.25, 0.3) is 0 Å². The maximum absolute atomic E-state index is 5.74. The Morgan fingerprint density at radius 1 is 0.304 bits per heavy atom. The van der Waals surface area contributed by atoms with Gasteiger partial charge in [-0.15, -0.1) is 0 Å². The zero-order valence-corrected chi connectivity index (χ0v) is 30.3. The van der Waals surface area contributed by atoms with Gasteiger partial charge in [-0.3, -0.25) is 0 Å². The van der Waals surface area contributed by atoms with Crippen LogP contribution in [0.4, 0.5) is 0 Å². The summed E-state index contributed by atoms with van der Waals surface area (Å²) in [4.78, 5) is 0. The third kappa shape index (κ3) is 13.3. The van der Waals surface area contributed by atoms with Gasteiger partial charge in [0.1, 0.15) is 0 Å². The average molecular weight is 641 g/mol. The second kappa shape index (κ2) is 19.9. The van der Waals surface area contributed by atoms with Gasteiger partial charge in [-0.1, -0.05) is 154 Å². The van der Waals surface area contributed by atoms with Crippen molar-refractivity contribution in [3.8, 4) is 0 Å². The third-order valence-electron chi connectivity index (χ3n) is 13.8. The fraction of sp³-hybridized carbons (Fsp3) is 1.00. The minimum absolute atomic E-state index is 0.668. The first-order valence-electron chi connectivity index (χ1n) is 21.8. The standard InChI is InChI=1S/C43H76O3/c1(4-10-16-22-35-25-28-38-41(31-35)44-38)7-13-19-34(20-14-8-2-5-11-17-23-36-26-29-39-42(32-36)45-39)21-15-9-3-6-12-18-24-37-27-30-40-43(33-37)46-40/h34-43H,1-33H2. The summed E-state index contributed by atoms with van der Waals surface area (Å²) in [5.41, 5.74) is 0. The van der Waals surface area contributed by atoms with E-state index in [1.165, 1.54) is 212 Å². The molecule has 3 aliphatic carbocycles. The molecule has 6 fully saturated rings. The number of hydrogen-bond acceptors (Lipinski definition) is 3. The highest BCUT2D eigenvalue weighted by Crippen LogP contribution is 2.43. The van der Waals surface area contributed by atoms with E-state index in [1.807, 2.05) is 0 Å². The second-order valence-electron chi connectivity index (χ2n) is 17.6. The monoisotopic (exact) mass is 641 g/mol. The number of ether oxygens (including phenoxy) is 3. The second-order valence-corrected chi connectivity index (χ2v) is 17.6. The summed E-state index contributed by atoms with van der Waals surface area (Å²) in [7, 11) is 0. The predicted molar refractivity (Wildman–Crippen MR) is 192 cm³/mol. The van der Waals surface area contributed by atoms with E-state index in [4.69, 9.17) is 14.2 Å². The highest BCUT2D eigenvalue weighted by molar-refractivity contribution is 4.93. The third-order valence-corrected chi connectivity index (χ3v) is 13.8. The van der Waals surface area contributed by atoms with Gasteiger partial charge < -0.3 is 14.2 Å². The molecule has 0 radical (unpaired) electrons. The SMILES string of the molecule is C(CCCCC1CCC2OC2C1)CCCC(CCCCCCCCC1CCC2OC2C1)CCCCCCCCC1CCC2OC2C1. The van der Waals surface area contributed by atoms with E-state index in [0.717, 1.165) is 23.7 Å². The van der Waals surface area contributed by atoms with Gasteiger partial charge in [0.25, 0.3) is 0 Å². The van der Waals surface area contributed by atoms with Crippen LogP contribution in [0.15, 0.2) is 0 Å². The van der Waals surface area contributed by atoms with Gasteiger partial charge in [0.05, 0.1) is 36.6 Å². The molecule has 9 atom stereocenters. The summed E-state index contributed by atoms with van der Waals surface area (Å²) in [6.45, 7) is 0. The van der Waals surface area contributed by atoms with E-state index in [-0.39, 0.29) is 0 Å². The van der Waals surface area contributed by atoms with Crippen molar-refractivity contribution in [3.05, 3.63) is 0 Å². The molecule has 3 nitrogen and oxygen atoms in total. The smallest absolute Gasteiger partial charge is 0.0844 e. The molecule has 46 heavy (non-hydrogen) atoms. The number of unbranched alkanes of at least 4 members (excludes halogenated alkanes) is 15. The molecule has 266 valence electrons. The topological polar surface area (TPSA) is 37.6 Å². The predicted octanol–water partition coefficient (Wildman–Crippen LogP) is 12.7. The molecule has 3 heterocycles. The summed E-state index contributed by atoms with van der Waals surface area (Å²) in [6, 6.07) is 0. The van der Waals surface area contributed by atoms with Gasteiger partial charge in [0.2, 0.25) is 0 Å². The minimum atomic E-state index is 0.668. The Kier molecular flexibility index (Phi) is 15.5. The zero-order chi connectivity index (χ0) is 31.2. The number of hydrogen-bond donors (Lipinski definition) is 0. The van der Waals surface area contributed by atoms with Crippen molar-refractivity contribution in [2.24, 2.45) is 23.7 Å². The number of fused-ring (bicyclic) bond motifs is 3. The average Bonchev–Trinajstić information content (AvgIpc) is 3.96. The summed E-state index contributed by atoms with van der Waals surface area (Å²) in [5.74, 6) is 3.96. The molecular weight excluding hydrogens is 564 g/mol. The lowest BCUT2D eigenvalue weighted by atomic mass is 9.85. The van der Waals surface area contributed by atoms with E-state index >= 15 is 0 Å². The number of epoxide rings is 3. The molecule has 0 amide bonds. The van der Waals surface area contributed by atoms with Gasteiger partial charge in [0, 0.05) is 0 Å². The Morgan fingerprint density at radius 2 is 0.587 bits per heavy atom. The highest BCUT2D eigenvalue weighted by Gasteiger charge is 2.45. The minimum Gasteiger partial charge on any atom is -0.370 e. The van der Waals surface area contributed by atoms with Crippen molar-refractivity contribution in [2.75, 3.05) is 0 Å². The fourth-order valence-corrected chi connectivity index (χ4v) is 10.4. The van der Waals surface area contributed by atoms with Gasteiger partial charge >= 0.3 is 0 Å². The van der Waals surface area contributed by atoms with Crippen LogP contribution in [0.5, 0.6) is 0 Å². The quantitative estimate of drug-likeness (QED) is 0.0662. The Bertz CT molecular complexity index is 709. The highest BCUT2D eigenvalue weighted by atomic mass is 16.6. The van der Waals surface area contributed by atoms with Crippen molar-refractivity contribution in [1.29, 1.82) is 0 Å². The van der Waals surface area contributed by atoms with E-state index in [1.54, 1.807) is 0 Å². The summed E-state index contributed by atoms with van der Waals surface area (Å²) in [6.07, 6.45) is 52.2.